The number of hydrogen-bond acceptors (Lipinski definition) is 3. The molecule has 128 valence electrons. The van der Waals surface area contributed by atoms with E-state index in [-0.39, 0.29) is 12.3 Å². The highest BCUT2D eigenvalue weighted by atomic mass is 16.5. The number of nitrogens with zero attached hydrogens (tertiary/aromatic N) is 2. The number of nitrogens with one attached hydrogen (secondary N) is 1. The highest BCUT2D eigenvalue weighted by Gasteiger charge is 2.10. The lowest BCUT2D eigenvalue weighted by molar-refractivity contribution is -0.115. The summed E-state index contributed by atoms with van der Waals surface area (Å²) in [7, 11) is 0. The van der Waals surface area contributed by atoms with E-state index in [2.05, 4.69) is 10.4 Å². The van der Waals surface area contributed by atoms with Gasteiger partial charge in [-0.2, -0.15) is 5.10 Å². The largest absolute Gasteiger partial charge is 0.491 e. The van der Waals surface area contributed by atoms with Gasteiger partial charge in [0.1, 0.15) is 5.75 Å². The fraction of sp³-hybridized carbons (Fsp3) is 0.200. The summed E-state index contributed by atoms with van der Waals surface area (Å²) in [6.45, 7) is 2.67. The van der Waals surface area contributed by atoms with E-state index >= 15 is 0 Å². The van der Waals surface area contributed by atoms with Gasteiger partial charge in [0.25, 0.3) is 0 Å². The summed E-state index contributed by atoms with van der Waals surface area (Å²) in [5.41, 5.74) is 2.51. The monoisotopic (exact) mass is 335 g/mol. The standard InChI is InChI=1S/C20H21N3O2/c1-2-12-25-19-11-7-6-10-18(19)22-20(24)13-16-14-21-23(15-16)17-8-4-3-5-9-17/h3-11,14-15H,2,12-13H2,1H3,(H,22,24). The van der Waals surface area contributed by atoms with Crippen molar-refractivity contribution in [2.24, 2.45) is 0 Å². The summed E-state index contributed by atoms with van der Waals surface area (Å²) < 4.78 is 7.43. The molecule has 0 bridgehead atoms. The third-order valence-corrected chi connectivity index (χ3v) is 3.64. The van der Waals surface area contributed by atoms with Crippen LogP contribution in [0.4, 0.5) is 5.69 Å². The maximum absolute atomic E-state index is 12.3. The molecule has 3 rings (SSSR count). The molecule has 0 spiro atoms. The molecule has 0 aliphatic carbocycles. The van der Waals surface area contributed by atoms with Crippen molar-refractivity contribution < 1.29 is 9.53 Å². The molecule has 0 fully saturated rings. The van der Waals surface area contributed by atoms with E-state index in [1.54, 1.807) is 10.9 Å². The first-order chi connectivity index (χ1) is 12.3. The van der Waals surface area contributed by atoms with E-state index in [1.165, 1.54) is 0 Å². The smallest absolute Gasteiger partial charge is 0.229 e. The molecular weight excluding hydrogens is 314 g/mol. The zero-order chi connectivity index (χ0) is 17.5. The molecule has 0 unspecified atom stereocenters. The van der Waals surface area contributed by atoms with Crippen LogP contribution < -0.4 is 10.1 Å². The van der Waals surface area contributed by atoms with Crippen molar-refractivity contribution in [2.45, 2.75) is 19.8 Å². The Kier molecular flexibility index (Phi) is 5.46. The van der Waals surface area contributed by atoms with E-state index in [1.807, 2.05) is 67.7 Å². The second kappa shape index (κ2) is 8.15. The SMILES string of the molecule is CCCOc1ccccc1NC(=O)Cc1cnn(-c2ccccc2)c1. The van der Waals surface area contributed by atoms with Crippen LogP contribution in [0.2, 0.25) is 0 Å². The fourth-order valence-electron chi connectivity index (χ4n) is 2.46. The van der Waals surface area contributed by atoms with Crippen LogP contribution in [0.5, 0.6) is 5.75 Å². The molecule has 0 radical (unpaired) electrons. The zero-order valence-electron chi connectivity index (χ0n) is 14.2. The average Bonchev–Trinajstić information content (AvgIpc) is 3.10. The highest BCUT2D eigenvalue weighted by Crippen LogP contribution is 2.24. The molecule has 2 aromatic carbocycles. The van der Waals surface area contributed by atoms with Crippen molar-refractivity contribution in [3.05, 3.63) is 72.6 Å². The predicted octanol–water partition coefficient (Wildman–Crippen LogP) is 3.84. The van der Waals surface area contributed by atoms with Gasteiger partial charge < -0.3 is 10.1 Å². The average molecular weight is 335 g/mol. The summed E-state index contributed by atoms with van der Waals surface area (Å²) in [6, 6.07) is 17.3. The molecule has 5 heteroatoms. The lowest BCUT2D eigenvalue weighted by Crippen LogP contribution is -2.15. The molecule has 0 atom stereocenters. The summed E-state index contributed by atoms with van der Waals surface area (Å²) >= 11 is 0. The van der Waals surface area contributed by atoms with E-state index in [4.69, 9.17) is 4.74 Å². The first-order valence-corrected chi connectivity index (χ1v) is 8.37. The molecule has 0 saturated heterocycles. The minimum Gasteiger partial charge on any atom is -0.491 e. The van der Waals surface area contributed by atoms with E-state index in [9.17, 15) is 4.79 Å². The number of carbonyl (C=O) groups is 1. The van der Waals surface area contributed by atoms with Gasteiger partial charge >= 0.3 is 0 Å². The number of benzene rings is 2. The second-order valence-electron chi connectivity index (χ2n) is 5.70. The molecule has 1 amide bonds. The van der Waals surface area contributed by atoms with Crippen LogP contribution in [0.3, 0.4) is 0 Å². The summed E-state index contributed by atoms with van der Waals surface area (Å²) in [6.07, 6.45) is 4.76. The van der Waals surface area contributed by atoms with E-state index in [0.717, 1.165) is 17.7 Å². The minimum absolute atomic E-state index is 0.0971. The van der Waals surface area contributed by atoms with Crippen LogP contribution in [-0.4, -0.2) is 22.3 Å². The van der Waals surface area contributed by atoms with Crippen molar-refractivity contribution in [2.75, 3.05) is 11.9 Å². The van der Waals surface area contributed by atoms with Gasteiger partial charge in [-0.3, -0.25) is 4.79 Å². The highest BCUT2D eigenvalue weighted by molar-refractivity contribution is 5.93. The summed E-state index contributed by atoms with van der Waals surface area (Å²) in [5.74, 6) is 0.595. The third kappa shape index (κ3) is 4.47. The van der Waals surface area contributed by atoms with Gasteiger partial charge in [-0.25, -0.2) is 4.68 Å². The Bertz CT molecular complexity index is 828. The van der Waals surface area contributed by atoms with Crippen LogP contribution >= 0.6 is 0 Å². The van der Waals surface area contributed by atoms with Crippen molar-refractivity contribution in [1.82, 2.24) is 9.78 Å². The molecule has 1 heterocycles. The third-order valence-electron chi connectivity index (χ3n) is 3.64. The number of anilines is 1. The number of hydrogen-bond donors (Lipinski definition) is 1. The number of para-hydroxylation sites is 3. The fourth-order valence-corrected chi connectivity index (χ4v) is 2.46. The lowest BCUT2D eigenvalue weighted by Gasteiger charge is -2.11. The van der Waals surface area contributed by atoms with Crippen LogP contribution in [-0.2, 0) is 11.2 Å². The lowest BCUT2D eigenvalue weighted by atomic mass is 10.2. The molecule has 0 aliphatic heterocycles. The van der Waals surface area contributed by atoms with Crippen molar-refractivity contribution >= 4 is 11.6 Å². The van der Waals surface area contributed by atoms with Crippen LogP contribution in [0.15, 0.2) is 67.0 Å². The number of ether oxygens (including phenoxy) is 1. The summed E-state index contributed by atoms with van der Waals surface area (Å²) in [5, 5.41) is 7.23. The Balaban J connectivity index is 1.65. The number of amides is 1. The first kappa shape index (κ1) is 16.8. The minimum atomic E-state index is -0.0971. The molecule has 0 aliphatic rings. The Morgan fingerprint density at radius 1 is 1.12 bits per heavy atom. The summed E-state index contributed by atoms with van der Waals surface area (Å²) in [4.78, 5) is 12.3. The zero-order valence-corrected chi connectivity index (χ0v) is 14.2. The van der Waals surface area contributed by atoms with Gasteiger partial charge in [-0.1, -0.05) is 37.3 Å². The molecule has 5 nitrogen and oxygen atoms in total. The first-order valence-electron chi connectivity index (χ1n) is 8.37. The van der Waals surface area contributed by atoms with Crippen molar-refractivity contribution in [3.63, 3.8) is 0 Å². The van der Waals surface area contributed by atoms with Gasteiger partial charge in [0.05, 0.1) is 30.6 Å². The Morgan fingerprint density at radius 3 is 2.68 bits per heavy atom. The maximum atomic E-state index is 12.3. The Morgan fingerprint density at radius 2 is 1.88 bits per heavy atom. The number of aromatic nitrogens is 2. The Hall–Kier alpha value is -3.08. The quantitative estimate of drug-likeness (QED) is 0.714. The van der Waals surface area contributed by atoms with Crippen LogP contribution in [0.1, 0.15) is 18.9 Å². The molecule has 25 heavy (non-hydrogen) atoms. The maximum Gasteiger partial charge on any atom is 0.229 e. The van der Waals surface area contributed by atoms with Gasteiger partial charge in [0, 0.05) is 6.20 Å². The molecule has 1 N–H and O–H groups in total. The molecule has 3 aromatic rings. The molecule has 1 aromatic heterocycles. The van der Waals surface area contributed by atoms with Gasteiger partial charge in [-0.15, -0.1) is 0 Å². The van der Waals surface area contributed by atoms with Gasteiger partial charge in [0.2, 0.25) is 5.91 Å². The van der Waals surface area contributed by atoms with Gasteiger partial charge in [0.15, 0.2) is 0 Å². The van der Waals surface area contributed by atoms with E-state index < -0.39 is 0 Å². The van der Waals surface area contributed by atoms with Crippen LogP contribution in [0.25, 0.3) is 5.69 Å². The number of carbonyl (C=O) groups excluding carboxylic acids is 1. The van der Waals surface area contributed by atoms with E-state index in [0.29, 0.717) is 18.0 Å². The normalized spacial score (nSPS) is 10.4. The topological polar surface area (TPSA) is 56.1 Å². The van der Waals surface area contributed by atoms with Crippen LogP contribution in [0, 0.1) is 0 Å². The van der Waals surface area contributed by atoms with Crippen molar-refractivity contribution in [1.29, 1.82) is 0 Å². The Labute approximate surface area is 147 Å². The second-order valence-corrected chi connectivity index (χ2v) is 5.70. The number of rotatable bonds is 7. The predicted molar refractivity (Wildman–Crippen MR) is 98.1 cm³/mol. The van der Waals surface area contributed by atoms with Gasteiger partial charge in [-0.05, 0) is 36.2 Å². The molecular formula is C20H21N3O2. The molecule has 0 saturated carbocycles. The van der Waals surface area contributed by atoms with Crippen molar-refractivity contribution in [3.8, 4) is 11.4 Å².